The highest BCUT2D eigenvalue weighted by atomic mass is 16.5. The highest BCUT2D eigenvalue weighted by Crippen LogP contribution is 2.28. The molecule has 0 saturated carbocycles. The minimum absolute atomic E-state index is 0.954. The topological polar surface area (TPSA) is 44.4 Å². The molecule has 0 atom stereocenters. The molecule has 5 nitrogen and oxygen atoms in total. The van der Waals surface area contributed by atoms with Crippen LogP contribution in [0.15, 0.2) is 36.7 Å². The van der Waals surface area contributed by atoms with Gasteiger partial charge in [-0.05, 0) is 12.1 Å². The summed E-state index contributed by atoms with van der Waals surface area (Å²) in [5.41, 5.74) is 2.44. The third-order valence-corrected chi connectivity index (χ3v) is 3.76. The number of benzene rings is 1. The molecule has 20 heavy (non-hydrogen) atoms. The second-order valence-electron chi connectivity index (χ2n) is 5.04. The minimum Gasteiger partial charge on any atom is -0.495 e. The van der Waals surface area contributed by atoms with E-state index < -0.39 is 0 Å². The van der Waals surface area contributed by atoms with Crippen molar-refractivity contribution in [1.82, 2.24) is 15.1 Å². The summed E-state index contributed by atoms with van der Waals surface area (Å²) in [4.78, 5) is 4.85. The van der Waals surface area contributed by atoms with Crippen LogP contribution >= 0.6 is 0 Å². The number of nitrogens with zero attached hydrogens (tertiary/aromatic N) is 3. The predicted octanol–water partition coefficient (Wildman–Crippen LogP) is 1.74. The largest absolute Gasteiger partial charge is 0.495 e. The molecule has 1 aromatic carbocycles. The van der Waals surface area contributed by atoms with Crippen molar-refractivity contribution in [2.24, 2.45) is 0 Å². The van der Waals surface area contributed by atoms with Gasteiger partial charge in [0, 0.05) is 44.5 Å². The SMILES string of the molecule is COc1ccccc1N1CCN(Cc2cn[nH]c2)CC1. The van der Waals surface area contributed by atoms with Crippen molar-refractivity contribution in [2.75, 3.05) is 38.2 Å². The lowest BCUT2D eigenvalue weighted by Gasteiger charge is -2.36. The third kappa shape index (κ3) is 2.77. The molecule has 0 bridgehead atoms. The molecule has 1 fully saturated rings. The summed E-state index contributed by atoms with van der Waals surface area (Å²) in [7, 11) is 1.73. The third-order valence-electron chi connectivity index (χ3n) is 3.76. The highest BCUT2D eigenvalue weighted by Gasteiger charge is 2.19. The van der Waals surface area contributed by atoms with Crippen LogP contribution in [0, 0.1) is 0 Å². The Morgan fingerprint density at radius 3 is 2.70 bits per heavy atom. The van der Waals surface area contributed by atoms with Crippen LogP contribution in [0.2, 0.25) is 0 Å². The fraction of sp³-hybridized carbons (Fsp3) is 0.400. The number of nitrogens with one attached hydrogen (secondary N) is 1. The van der Waals surface area contributed by atoms with E-state index in [1.165, 1.54) is 11.3 Å². The zero-order valence-corrected chi connectivity index (χ0v) is 11.7. The quantitative estimate of drug-likeness (QED) is 0.921. The number of aromatic nitrogens is 2. The fourth-order valence-electron chi connectivity index (χ4n) is 2.66. The van der Waals surface area contributed by atoms with Crippen LogP contribution in [0.3, 0.4) is 0 Å². The Labute approximate surface area is 119 Å². The van der Waals surface area contributed by atoms with Crippen LogP contribution in [0.25, 0.3) is 0 Å². The average Bonchev–Trinajstić information content (AvgIpc) is 3.01. The molecule has 0 radical (unpaired) electrons. The highest BCUT2D eigenvalue weighted by molar-refractivity contribution is 5.58. The van der Waals surface area contributed by atoms with Gasteiger partial charge >= 0.3 is 0 Å². The van der Waals surface area contributed by atoms with Crippen LogP contribution in [-0.2, 0) is 6.54 Å². The van der Waals surface area contributed by atoms with E-state index in [4.69, 9.17) is 4.74 Å². The lowest BCUT2D eigenvalue weighted by atomic mass is 10.2. The van der Waals surface area contributed by atoms with E-state index in [1.54, 1.807) is 7.11 Å². The van der Waals surface area contributed by atoms with Crippen molar-refractivity contribution in [3.05, 3.63) is 42.2 Å². The summed E-state index contributed by atoms with van der Waals surface area (Å²) in [6.45, 7) is 5.14. The van der Waals surface area contributed by atoms with Gasteiger partial charge in [0.2, 0.25) is 0 Å². The molecule has 2 heterocycles. The minimum atomic E-state index is 0.954. The van der Waals surface area contributed by atoms with Crippen LogP contribution in [0.4, 0.5) is 5.69 Å². The second kappa shape index (κ2) is 5.96. The first-order valence-corrected chi connectivity index (χ1v) is 6.95. The number of methoxy groups -OCH3 is 1. The molecule has 5 heteroatoms. The number of ether oxygens (including phenoxy) is 1. The number of piperazine rings is 1. The van der Waals surface area contributed by atoms with Crippen molar-refractivity contribution in [3.8, 4) is 5.75 Å². The average molecular weight is 272 g/mol. The molecule has 2 aromatic rings. The lowest BCUT2D eigenvalue weighted by Crippen LogP contribution is -2.46. The molecule has 0 amide bonds. The Kier molecular flexibility index (Phi) is 3.87. The zero-order chi connectivity index (χ0) is 13.8. The van der Waals surface area contributed by atoms with Crippen molar-refractivity contribution in [1.29, 1.82) is 0 Å². The maximum atomic E-state index is 5.44. The molecule has 0 spiro atoms. The van der Waals surface area contributed by atoms with E-state index in [2.05, 4.69) is 32.1 Å². The number of hydrogen-bond donors (Lipinski definition) is 1. The molecule has 1 aromatic heterocycles. The summed E-state index contributed by atoms with van der Waals surface area (Å²) in [6.07, 6.45) is 3.86. The van der Waals surface area contributed by atoms with E-state index >= 15 is 0 Å². The Morgan fingerprint density at radius 1 is 1.20 bits per heavy atom. The standard InChI is InChI=1S/C15H20N4O/c1-20-15-5-3-2-4-14(15)19-8-6-18(7-9-19)12-13-10-16-17-11-13/h2-5,10-11H,6-9,12H2,1H3,(H,16,17). The number of rotatable bonds is 4. The Balaban J connectivity index is 1.60. The summed E-state index contributed by atoms with van der Waals surface area (Å²) in [6, 6.07) is 8.23. The Morgan fingerprint density at radius 2 is 2.00 bits per heavy atom. The number of anilines is 1. The van der Waals surface area contributed by atoms with E-state index in [1.807, 2.05) is 24.5 Å². The van der Waals surface area contributed by atoms with Crippen LogP contribution in [0.5, 0.6) is 5.75 Å². The van der Waals surface area contributed by atoms with Gasteiger partial charge in [-0.1, -0.05) is 12.1 Å². The molecule has 1 aliphatic rings. The first-order chi connectivity index (χ1) is 9.86. The summed E-state index contributed by atoms with van der Waals surface area (Å²) in [5.74, 6) is 0.954. The zero-order valence-electron chi connectivity index (χ0n) is 11.7. The van der Waals surface area contributed by atoms with Gasteiger partial charge in [0.15, 0.2) is 0 Å². The van der Waals surface area contributed by atoms with Gasteiger partial charge in [-0.3, -0.25) is 10.00 Å². The van der Waals surface area contributed by atoms with Crippen LogP contribution < -0.4 is 9.64 Å². The second-order valence-corrected chi connectivity index (χ2v) is 5.04. The monoisotopic (exact) mass is 272 g/mol. The lowest BCUT2D eigenvalue weighted by molar-refractivity contribution is 0.249. The van der Waals surface area contributed by atoms with Gasteiger partial charge in [0.1, 0.15) is 5.75 Å². The maximum Gasteiger partial charge on any atom is 0.142 e. The molecule has 0 unspecified atom stereocenters. The van der Waals surface area contributed by atoms with E-state index in [0.29, 0.717) is 0 Å². The molecule has 1 saturated heterocycles. The van der Waals surface area contributed by atoms with Crippen molar-refractivity contribution >= 4 is 5.69 Å². The predicted molar refractivity (Wildman–Crippen MR) is 79.1 cm³/mol. The van der Waals surface area contributed by atoms with E-state index in [-0.39, 0.29) is 0 Å². The van der Waals surface area contributed by atoms with Gasteiger partial charge in [-0.15, -0.1) is 0 Å². The van der Waals surface area contributed by atoms with Gasteiger partial charge in [0.25, 0.3) is 0 Å². The molecule has 1 N–H and O–H groups in total. The first kappa shape index (κ1) is 13.0. The molecular formula is C15H20N4O. The molecule has 1 aliphatic heterocycles. The van der Waals surface area contributed by atoms with Gasteiger partial charge in [0.05, 0.1) is 19.0 Å². The summed E-state index contributed by atoms with van der Waals surface area (Å²) in [5, 5.41) is 6.86. The number of hydrogen-bond acceptors (Lipinski definition) is 4. The number of H-pyrrole nitrogens is 1. The van der Waals surface area contributed by atoms with Gasteiger partial charge in [-0.25, -0.2) is 0 Å². The molecule has 106 valence electrons. The molecule has 0 aliphatic carbocycles. The summed E-state index contributed by atoms with van der Waals surface area (Å²) < 4.78 is 5.44. The maximum absolute atomic E-state index is 5.44. The van der Waals surface area contributed by atoms with Crippen molar-refractivity contribution < 1.29 is 4.74 Å². The van der Waals surface area contributed by atoms with Gasteiger partial charge in [-0.2, -0.15) is 5.10 Å². The Hall–Kier alpha value is -2.01. The fourth-order valence-corrected chi connectivity index (χ4v) is 2.66. The van der Waals surface area contributed by atoms with Crippen molar-refractivity contribution in [3.63, 3.8) is 0 Å². The van der Waals surface area contributed by atoms with Crippen LogP contribution in [0.1, 0.15) is 5.56 Å². The molecular weight excluding hydrogens is 252 g/mol. The Bertz CT molecular complexity index is 533. The smallest absolute Gasteiger partial charge is 0.142 e. The van der Waals surface area contributed by atoms with Gasteiger partial charge < -0.3 is 9.64 Å². The summed E-state index contributed by atoms with van der Waals surface area (Å²) >= 11 is 0. The number of para-hydroxylation sites is 2. The van der Waals surface area contributed by atoms with Crippen molar-refractivity contribution in [2.45, 2.75) is 6.54 Å². The number of aromatic amines is 1. The van der Waals surface area contributed by atoms with Crippen LogP contribution in [-0.4, -0.2) is 48.4 Å². The van der Waals surface area contributed by atoms with E-state index in [0.717, 1.165) is 38.5 Å². The van der Waals surface area contributed by atoms with E-state index in [9.17, 15) is 0 Å². The normalized spacial score (nSPS) is 16.4. The molecule has 3 rings (SSSR count). The first-order valence-electron chi connectivity index (χ1n) is 6.95.